The fourth-order valence-corrected chi connectivity index (χ4v) is 5.63. The molecule has 0 amide bonds. The summed E-state index contributed by atoms with van der Waals surface area (Å²) < 4.78 is 6.39. The monoisotopic (exact) mass is 452 g/mol. The number of morpholine rings is 1. The molecule has 4 aromatic rings. The first-order valence-electron chi connectivity index (χ1n) is 11.5. The van der Waals surface area contributed by atoms with Gasteiger partial charge in [0.2, 0.25) is 0 Å². The Morgan fingerprint density at radius 1 is 0.848 bits per heavy atom. The van der Waals surface area contributed by atoms with E-state index in [0.29, 0.717) is 0 Å². The number of ether oxygens (including phenoxy) is 1. The molecule has 1 aromatic heterocycles. The molecule has 1 aliphatic rings. The van der Waals surface area contributed by atoms with Gasteiger partial charge in [0.1, 0.15) is 5.03 Å². The fourth-order valence-electron chi connectivity index (χ4n) is 4.34. The van der Waals surface area contributed by atoms with Gasteiger partial charge in [-0.05, 0) is 22.8 Å². The van der Waals surface area contributed by atoms with Gasteiger partial charge in [-0.1, -0.05) is 109 Å². The van der Waals surface area contributed by atoms with Crippen molar-refractivity contribution in [3.63, 3.8) is 0 Å². The van der Waals surface area contributed by atoms with Gasteiger partial charge < -0.3 is 4.74 Å². The van der Waals surface area contributed by atoms with Crippen LogP contribution in [0.3, 0.4) is 0 Å². The van der Waals surface area contributed by atoms with Crippen LogP contribution in [0.15, 0.2) is 114 Å². The number of aromatic nitrogens is 1. The Labute approximate surface area is 200 Å². The maximum Gasteiger partial charge on any atom is 0.104 e. The Balaban J connectivity index is 1.42. The number of benzene rings is 3. The minimum Gasteiger partial charge on any atom is -0.374 e. The third-order valence-corrected chi connectivity index (χ3v) is 7.37. The third kappa shape index (κ3) is 5.53. The van der Waals surface area contributed by atoms with Crippen molar-refractivity contribution in [2.45, 2.75) is 22.9 Å². The third-order valence-electron chi connectivity index (χ3n) is 5.99. The smallest absolute Gasteiger partial charge is 0.104 e. The second-order valence-corrected chi connectivity index (χ2v) is 9.43. The lowest BCUT2D eigenvalue weighted by Crippen LogP contribution is -2.44. The van der Waals surface area contributed by atoms with Crippen LogP contribution in [-0.2, 0) is 11.3 Å². The zero-order chi connectivity index (χ0) is 22.3. The van der Waals surface area contributed by atoms with Gasteiger partial charge in [-0.3, -0.25) is 4.90 Å². The molecule has 3 aromatic carbocycles. The molecule has 0 N–H and O–H groups in total. The standard InChI is InChI=1S/C29H28N2OS/c1-4-11-23(12-5-1)21-31-19-20-32-27(22-31)28(25-15-8-3-9-16-25)33-29-26(17-10-18-30-29)24-13-6-2-7-14-24/h1-18,27-28H,19-22H2/t27-,28?/m0/s1. The average Bonchev–Trinajstić information content (AvgIpc) is 2.89. The SMILES string of the molecule is c1ccc(CN2CCO[C@H](C(Sc3ncccc3-c3ccccc3)c3ccccc3)C2)cc1. The first-order valence-corrected chi connectivity index (χ1v) is 12.3. The topological polar surface area (TPSA) is 25.4 Å². The summed E-state index contributed by atoms with van der Waals surface area (Å²) in [5.41, 5.74) is 4.98. The zero-order valence-electron chi connectivity index (χ0n) is 18.6. The van der Waals surface area contributed by atoms with Crippen molar-refractivity contribution in [3.8, 4) is 11.1 Å². The van der Waals surface area contributed by atoms with E-state index in [1.807, 2.05) is 24.0 Å². The van der Waals surface area contributed by atoms with E-state index in [-0.39, 0.29) is 11.4 Å². The summed E-state index contributed by atoms with van der Waals surface area (Å²) >= 11 is 1.82. The quantitative estimate of drug-likeness (QED) is 0.300. The van der Waals surface area contributed by atoms with E-state index in [0.717, 1.165) is 31.3 Å². The number of pyridine rings is 1. The molecular weight excluding hydrogens is 424 g/mol. The van der Waals surface area contributed by atoms with Crippen LogP contribution in [0, 0.1) is 0 Å². The second-order valence-electron chi connectivity index (χ2n) is 8.30. The largest absolute Gasteiger partial charge is 0.374 e. The molecule has 0 saturated carbocycles. The number of hydrogen-bond acceptors (Lipinski definition) is 4. The lowest BCUT2D eigenvalue weighted by Gasteiger charge is -2.37. The van der Waals surface area contributed by atoms with Crippen LogP contribution in [0.5, 0.6) is 0 Å². The minimum atomic E-state index is 0.0838. The zero-order valence-corrected chi connectivity index (χ0v) is 19.4. The predicted molar refractivity (Wildman–Crippen MR) is 136 cm³/mol. The van der Waals surface area contributed by atoms with E-state index in [1.165, 1.54) is 22.3 Å². The average molecular weight is 453 g/mol. The van der Waals surface area contributed by atoms with Crippen molar-refractivity contribution in [3.05, 3.63) is 120 Å². The van der Waals surface area contributed by atoms with Crippen LogP contribution in [0.25, 0.3) is 11.1 Å². The Kier molecular flexibility index (Phi) is 7.17. The van der Waals surface area contributed by atoms with Gasteiger partial charge in [0.15, 0.2) is 0 Å². The summed E-state index contributed by atoms with van der Waals surface area (Å²) in [6.45, 7) is 3.55. The van der Waals surface area contributed by atoms with Crippen molar-refractivity contribution in [1.82, 2.24) is 9.88 Å². The number of rotatable bonds is 7. The van der Waals surface area contributed by atoms with Gasteiger partial charge in [-0.15, -0.1) is 0 Å². The number of thioether (sulfide) groups is 1. The molecule has 3 nitrogen and oxygen atoms in total. The first-order chi connectivity index (χ1) is 16.4. The molecule has 0 radical (unpaired) electrons. The Morgan fingerprint density at radius 2 is 1.55 bits per heavy atom. The van der Waals surface area contributed by atoms with E-state index >= 15 is 0 Å². The molecule has 1 aliphatic heterocycles. The molecule has 1 fully saturated rings. The summed E-state index contributed by atoms with van der Waals surface area (Å²) in [5, 5.41) is 1.20. The highest BCUT2D eigenvalue weighted by Gasteiger charge is 2.31. The van der Waals surface area contributed by atoms with Crippen LogP contribution < -0.4 is 0 Å². The fraction of sp³-hybridized carbons (Fsp3) is 0.207. The Morgan fingerprint density at radius 3 is 2.30 bits per heavy atom. The van der Waals surface area contributed by atoms with Crippen molar-refractivity contribution in [2.24, 2.45) is 0 Å². The van der Waals surface area contributed by atoms with E-state index in [4.69, 9.17) is 9.72 Å². The van der Waals surface area contributed by atoms with Gasteiger partial charge in [-0.2, -0.15) is 0 Å². The highest BCUT2D eigenvalue weighted by Crippen LogP contribution is 2.42. The van der Waals surface area contributed by atoms with Crippen molar-refractivity contribution in [2.75, 3.05) is 19.7 Å². The van der Waals surface area contributed by atoms with Crippen molar-refractivity contribution >= 4 is 11.8 Å². The summed E-state index contributed by atoms with van der Waals surface area (Å²) in [7, 11) is 0. The van der Waals surface area contributed by atoms with Crippen LogP contribution in [0.2, 0.25) is 0 Å². The van der Waals surface area contributed by atoms with Crippen molar-refractivity contribution < 1.29 is 4.74 Å². The molecule has 5 rings (SSSR count). The summed E-state index contributed by atoms with van der Waals surface area (Å²) in [6, 6.07) is 36.1. The summed E-state index contributed by atoms with van der Waals surface area (Å²) in [6.07, 6.45) is 1.97. The van der Waals surface area contributed by atoms with Crippen LogP contribution in [0.1, 0.15) is 16.4 Å². The molecule has 1 unspecified atom stereocenters. The number of nitrogens with zero attached hydrogens (tertiary/aromatic N) is 2. The number of hydrogen-bond donors (Lipinski definition) is 0. The van der Waals surface area contributed by atoms with Crippen molar-refractivity contribution in [1.29, 1.82) is 0 Å². The Hall–Kier alpha value is -2.92. The maximum atomic E-state index is 6.39. The molecule has 166 valence electrons. The lowest BCUT2D eigenvalue weighted by molar-refractivity contribution is -0.0320. The summed E-state index contributed by atoms with van der Waals surface area (Å²) in [5.74, 6) is 0. The lowest BCUT2D eigenvalue weighted by atomic mass is 10.1. The van der Waals surface area contributed by atoms with Gasteiger partial charge in [0, 0.05) is 31.4 Å². The summed E-state index contributed by atoms with van der Waals surface area (Å²) in [4.78, 5) is 7.31. The molecule has 2 heterocycles. The molecule has 0 spiro atoms. The van der Waals surface area contributed by atoms with Crippen LogP contribution in [0.4, 0.5) is 0 Å². The van der Waals surface area contributed by atoms with Crippen LogP contribution >= 0.6 is 11.8 Å². The normalized spacial score (nSPS) is 17.5. The highest BCUT2D eigenvalue weighted by atomic mass is 32.2. The molecule has 0 bridgehead atoms. The minimum absolute atomic E-state index is 0.0838. The molecular formula is C29H28N2OS. The van der Waals surface area contributed by atoms with E-state index in [9.17, 15) is 0 Å². The second kappa shape index (κ2) is 10.8. The highest BCUT2D eigenvalue weighted by molar-refractivity contribution is 7.99. The van der Waals surface area contributed by atoms with Gasteiger partial charge in [-0.25, -0.2) is 4.98 Å². The van der Waals surface area contributed by atoms with Gasteiger partial charge in [0.25, 0.3) is 0 Å². The molecule has 1 saturated heterocycles. The molecule has 33 heavy (non-hydrogen) atoms. The van der Waals surface area contributed by atoms with Crippen LogP contribution in [-0.4, -0.2) is 35.7 Å². The maximum absolute atomic E-state index is 6.39. The van der Waals surface area contributed by atoms with Gasteiger partial charge in [0.05, 0.1) is 18.0 Å². The van der Waals surface area contributed by atoms with Gasteiger partial charge >= 0.3 is 0 Å². The van der Waals surface area contributed by atoms with E-state index < -0.39 is 0 Å². The van der Waals surface area contributed by atoms with E-state index in [1.54, 1.807) is 0 Å². The molecule has 2 atom stereocenters. The van der Waals surface area contributed by atoms with E-state index in [2.05, 4.69) is 102 Å². The molecule has 4 heteroatoms. The first kappa shape index (κ1) is 21.9. The molecule has 0 aliphatic carbocycles. The Bertz CT molecular complexity index is 1140. The predicted octanol–water partition coefficient (Wildman–Crippen LogP) is 6.48.